The van der Waals surface area contributed by atoms with Crippen molar-refractivity contribution in [2.24, 2.45) is 0 Å². The van der Waals surface area contributed by atoms with E-state index >= 15 is 0 Å². The predicted octanol–water partition coefficient (Wildman–Crippen LogP) is 3.26. The van der Waals surface area contributed by atoms with Crippen LogP contribution >= 0.6 is 0 Å². The number of nitrogens with zero attached hydrogens (tertiary/aromatic N) is 1. The zero-order chi connectivity index (χ0) is 25.7. The fraction of sp³-hybridized carbons (Fsp3) is 0.600. The Kier molecular flexibility index (Phi) is 12.1. The van der Waals surface area contributed by atoms with Gasteiger partial charge in [0.15, 0.2) is 0 Å². The molecule has 1 aromatic rings. The number of methoxy groups -OCH3 is 1. The van der Waals surface area contributed by atoms with Gasteiger partial charge in [0.2, 0.25) is 11.8 Å². The topological polar surface area (TPSA) is 114 Å². The van der Waals surface area contributed by atoms with Crippen LogP contribution in [0.3, 0.4) is 0 Å². The first kappa shape index (κ1) is 28.9. The molecule has 2 N–H and O–H groups in total. The number of benzene rings is 1. The number of esters is 1. The second-order valence-electron chi connectivity index (χ2n) is 9.11. The van der Waals surface area contributed by atoms with Gasteiger partial charge in [-0.2, -0.15) is 0 Å². The molecule has 0 fully saturated rings. The van der Waals surface area contributed by atoms with Crippen molar-refractivity contribution >= 4 is 23.9 Å². The van der Waals surface area contributed by atoms with Gasteiger partial charge in [-0.15, -0.1) is 0 Å². The zero-order valence-corrected chi connectivity index (χ0v) is 21.2. The molecule has 0 aliphatic heterocycles. The number of hydrogen-bond donors (Lipinski definition) is 2. The Balaban J connectivity index is 3.18. The normalized spacial score (nSPS) is 11.8. The van der Waals surface area contributed by atoms with E-state index in [1.165, 1.54) is 12.0 Å². The summed E-state index contributed by atoms with van der Waals surface area (Å²) in [5.41, 5.74) is 0.835. The zero-order valence-electron chi connectivity index (χ0n) is 21.2. The Bertz CT molecular complexity index is 834. The molecule has 1 aromatic carbocycles. The molecule has 0 saturated carbocycles. The first-order valence-corrected chi connectivity index (χ1v) is 11.7. The molecular formula is C25H39N3O6. The average Bonchev–Trinajstić information content (AvgIpc) is 2.76. The lowest BCUT2D eigenvalue weighted by molar-refractivity contribution is -0.143. The van der Waals surface area contributed by atoms with Crippen molar-refractivity contribution in [1.82, 2.24) is 15.5 Å². The molecule has 0 saturated heterocycles. The molecule has 0 aromatic heterocycles. The highest BCUT2D eigenvalue weighted by Gasteiger charge is 2.32. The number of aryl methyl sites for hydroxylation is 1. The smallest absolute Gasteiger partial charge is 0.408 e. The lowest BCUT2D eigenvalue weighted by Crippen LogP contribution is -2.48. The van der Waals surface area contributed by atoms with Crippen LogP contribution in [-0.2, 0) is 23.9 Å². The predicted molar refractivity (Wildman–Crippen MR) is 129 cm³/mol. The van der Waals surface area contributed by atoms with Crippen molar-refractivity contribution in [2.75, 3.05) is 26.7 Å². The van der Waals surface area contributed by atoms with Crippen molar-refractivity contribution < 1.29 is 28.7 Å². The molecule has 9 nitrogen and oxygen atoms in total. The summed E-state index contributed by atoms with van der Waals surface area (Å²) in [5.74, 6) is -1.53. The summed E-state index contributed by atoms with van der Waals surface area (Å²) in [6.45, 7) is 8.85. The Morgan fingerprint density at radius 3 is 2.32 bits per heavy atom. The highest BCUT2D eigenvalue weighted by molar-refractivity contribution is 5.91. The number of ether oxygens (including phenoxy) is 2. The van der Waals surface area contributed by atoms with E-state index in [9.17, 15) is 19.2 Å². The summed E-state index contributed by atoms with van der Waals surface area (Å²) in [6.07, 6.45) is 2.90. The Morgan fingerprint density at radius 2 is 1.74 bits per heavy atom. The van der Waals surface area contributed by atoms with Gasteiger partial charge in [0.1, 0.15) is 24.7 Å². The second kappa shape index (κ2) is 14.2. The molecule has 0 spiro atoms. The lowest BCUT2D eigenvalue weighted by Gasteiger charge is -2.32. The van der Waals surface area contributed by atoms with Gasteiger partial charge in [0.25, 0.3) is 0 Å². The highest BCUT2D eigenvalue weighted by atomic mass is 16.6. The largest absolute Gasteiger partial charge is 0.468 e. The van der Waals surface area contributed by atoms with Crippen LogP contribution in [0.15, 0.2) is 24.3 Å². The molecule has 34 heavy (non-hydrogen) atoms. The quantitative estimate of drug-likeness (QED) is 0.353. The summed E-state index contributed by atoms with van der Waals surface area (Å²) in [7, 11) is 1.23. The van der Waals surface area contributed by atoms with Crippen LogP contribution in [0.5, 0.6) is 0 Å². The van der Waals surface area contributed by atoms with Gasteiger partial charge >= 0.3 is 12.1 Å². The standard InChI is InChI=1S/C25H39N3O6/c1-7-8-9-10-14-28(20(29)16-27-24(32)34-25(3,4)5)22(19-13-11-12-18(2)15-19)23(31)26-17-21(30)33-6/h11-13,15,22H,7-10,14,16-17H2,1-6H3,(H,26,31)(H,27,32). The number of unbranched alkanes of at least 4 members (excludes halogenated alkanes) is 3. The Morgan fingerprint density at radius 1 is 1.03 bits per heavy atom. The minimum absolute atomic E-state index is 0.314. The van der Waals surface area contributed by atoms with E-state index in [0.29, 0.717) is 18.5 Å². The van der Waals surface area contributed by atoms with Crippen LogP contribution in [0.1, 0.15) is 70.5 Å². The second-order valence-corrected chi connectivity index (χ2v) is 9.11. The van der Waals surface area contributed by atoms with E-state index < -0.39 is 35.5 Å². The van der Waals surface area contributed by atoms with Gasteiger partial charge in [-0.3, -0.25) is 14.4 Å². The van der Waals surface area contributed by atoms with Gasteiger partial charge in [-0.1, -0.05) is 56.0 Å². The van der Waals surface area contributed by atoms with E-state index in [1.54, 1.807) is 26.8 Å². The molecule has 1 rings (SSSR count). The van der Waals surface area contributed by atoms with Gasteiger partial charge in [-0.05, 0) is 39.7 Å². The van der Waals surface area contributed by atoms with Crippen LogP contribution in [0.4, 0.5) is 4.79 Å². The van der Waals surface area contributed by atoms with E-state index in [2.05, 4.69) is 22.3 Å². The maximum atomic E-state index is 13.3. The number of carbonyl (C=O) groups is 4. The minimum Gasteiger partial charge on any atom is -0.468 e. The van der Waals surface area contributed by atoms with Crippen LogP contribution in [0.2, 0.25) is 0 Å². The van der Waals surface area contributed by atoms with Gasteiger partial charge in [0, 0.05) is 6.54 Å². The summed E-state index contributed by atoms with van der Waals surface area (Å²) in [6, 6.07) is 6.33. The first-order valence-electron chi connectivity index (χ1n) is 11.7. The monoisotopic (exact) mass is 477 g/mol. The molecule has 1 unspecified atom stereocenters. The third kappa shape index (κ3) is 10.7. The maximum absolute atomic E-state index is 13.3. The number of nitrogens with one attached hydrogen (secondary N) is 2. The van der Waals surface area contributed by atoms with Crippen LogP contribution in [0.25, 0.3) is 0 Å². The van der Waals surface area contributed by atoms with Gasteiger partial charge in [0.05, 0.1) is 7.11 Å². The summed E-state index contributed by atoms with van der Waals surface area (Å²) in [5, 5.41) is 5.04. The summed E-state index contributed by atoms with van der Waals surface area (Å²) < 4.78 is 9.83. The fourth-order valence-corrected chi connectivity index (χ4v) is 3.31. The third-order valence-electron chi connectivity index (χ3n) is 4.91. The SMILES string of the molecule is CCCCCCN(C(=O)CNC(=O)OC(C)(C)C)C(C(=O)NCC(=O)OC)c1cccc(C)c1. The molecule has 0 aliphatic rings. The molecule has 0 heterocycles. The number of hydrogen-bond acceptors (Lipinski definition) is 6. The van der Waals surface area contributed by atoms with E-state index in [-0.39, 0.29) is 13.1 Å². The Labute approximate surface area is 202 Å². The first-order chi connectivity index (χ1) is 16.0. The third-order valence-corrected chi connectivity index (χ3v) is 4.91. The maximum Gasteiger partial charge on any atom is 0.408 e. The number of amides is 3. The summed E-state index contributed by atoms with van der Waals surface area (Å²) >= 11 is 0. The molecule has 0 aliphatic carbocycles. The minimum atomic E-state index is -0.973. The van der Waals surface area contributed by atoms with Crippen LogP contribution in [-0.4, -0.2) is 61.1 Å². The van der Waals surface area contributed by atoms with Crippen LogP contribution < -0.4 is 10.6 Å². The number of carbonyl (C=O) groups excluding carboxylic acids is 4. The van der Waals surface area contributed by atoms with E-state index in [4.69, 9.17) is 4.74 Å². The molecule has 0 radical (unpaired) electrons. The van der Waals surface area contributed by atoms with Gasteiger partial charge < -0.3 is 25.0 Å². The molecule has 9 heteroatoms. The molecule has 3 amide bonds. The molecule has 1 atom stereocenters. The van der Waals surface area contributed by atoms with Crippen LogP contribution in [0, 0.1) is 6.92 Å². The van der Waals surface area contributed by atoms with E-state index in [1.807, 2.05) is 25.1 Å². The molecule has 0 bridgehead atoms. The van der Waals surface area contributed by atoms with Crippen molar-refractivity contribution in [3.63, 3.8) is 0 Å². The molecule has 190 valence electrons. The van der Waals surface area contributed by atoms with Crippen molar-refractivity contribution in [2.45, 2.75) is 71.9 Å². The molecular weight excluding hydrogens is 438 g/mol. The number of alkyl carbamates (subject to hydrolysis) is 1. The summed E-state index contributed by atoms with van der Waals surface area (Å²) in [4.78, 5) is 51.6. The number of rotatable bonds is 12. The average molecular weight is 478 g/mol. The van der Waals surface area contributed by atoms with E-state index in [0.717, 1.165) is 24.8 Å². The highest BCUT2D eigenvalue weighted by Crippen LogP contribution is 2.23. The van der Waals surface area contributed by atoms with Crippen molar-refractivity contribution in [3.05, 3.63) is 35.4 Å². The lowest BCUT2D eigenvalue weighted by atomic mass is 10.0. The van der Waals surface area contributed by atoms with Gasteiger partial charge in [-0.25, -0.2) is 4.79 Å². The Hall–Kier alpha value is -3.10. The van der Waals surface area contributed by atoms with Crippen molar-refractivity contribution in [3.8, 4) is 0 Å². The fourth-order valence-electron chi connectivity index (χ4n) is 3.31. The van der Waals surface area contributed by atoms with Crippen molar-refractivity contribution in [1.29, 1.82) is 0 Å².